The van der Waals surface area contributed by atoms with Gasteiger partial charge in [0.05, 0.1) is 18.8 Å². The lowest BCUT2D eigenvalue weighted by Gasteiger charge is -2.22. The number of furan rings is 1. The molecule has 0 aromatic carbocycles. The monoisotopic (exact) mass is 208 g/mol. The van der Waals surface area contributed by atoms with Gasteiger partial charge in [-0.25, -0.2) is 0 Å². The Morgan fingerprint density at radius 2 is 2.53 bits per heavy atom. The van der Waals surface area contributed by atoms with Gasteiger partial charge in [-0.1, -0.05) is 6.42 Å². The molecule has 0 unspecified atom stereocenters. The molecule has 82 valence electrons. The van der Waals surface area contributed by atoms with Gasteiger partial charge in [-0.2, -0.15) is 0 Å². The Morgan fingerprint density at radius 1 is 1.60 bits per heavy atom. The van der Waals surface area contributed by atoms with Crippen molar-refractivity contribution in [1.29, 1.82) is 0 Å². The Kier molecular flexibility index (Phi) is 3.40. The molecule has 1 amide bonds. The van der Waals surface area contributed by atoms with Crippen LogP contribution < -0.4 is 10.6 Å². The number of nitrogens with one attached hydrogen (secondary N) is 2. The van der Waals surface area contributed by atoms with Crippen LogP contribution in [0.4, 0.5) is 0 Å². The van der Waals surface area contributed by atoms with Gasteiger partial charge in [-0.3, -0.25) is 4.79 Å². The zero-order chi connectivity index (χ0) is 10.5. The van der Waals surface area contributed by atoms with Crippen molar-refractivity contribution >= 4 is 5.91 Å². The molecule has 2 rings (SSSR count). The topological polar surface area (TPSA) is 54.3 Å². The van der Waals surface area contributed by atoms with Crippen LogP contribution in [-0.4, -0.2) is 18.5 Å². The molecule has 1 saturated heterocycles. The molecule has 0 spiro atoms. The highest BCUT2D eigenvalue weighted by atomic mass is 16.3. The fourth-order valence-electron chi connectivity index (χ4n) is 1.79. The third-order valence-electron chi connectivity index (χ3n) is 2.64. The van der Waals surface area contributed by atoms with Gasteiger partial charge >= 0.3 is 0 Å². The second-order valence-corrected chi connectivity index (χ2v) is 3.80. The van der Waals surface area contributed by atoms with E-state index in [0.29, 0.717) is 6.54 Å². The molecule has 15 heavy (non-hydrogen) atoms. The molecule has 1 aromatic heterocycles. The molecule has 0 radical (unpaired) electrons. The lowest BCUT2D eigenvalue weighted by atomic mass is 10.0. The van der Waals surface area contributed by atoms with Crippen molar-refractivity contribution in [3.63, 3.8) is 0 Å². The maximum atomic E-state index is 11.7. The highest BCUT2D eigenvalue weighted by Crippen LogP contribution is 2.07. The highest BCUT2D eigenvalue weighted by Gasteiger charge is 2.19. The summed E-state index contributed by atoms with van der Waals surface area (Å²) in [7, 11) is 0. The Labute approximate surface area is 89.0 Å². The Hall–Kier alpha value is -1.29. The standard InChI is InChI=1S/C11H16N2O2/c14-11(10-5-1-2-6-12-10)13-8-9-4-3-7-15-9/h3-4,7,10,12H,1-2,5-6,8H2,(H,13,14)/t10-/m1/s1. The summed E-state index contributed by atoms with van der Waals surface area (Å²) in [6, 6.07) is 3.66. The summed E-state index contributed by atoms with van der Waals surface area (Å²) in [6.45, 7) is 1.42. The van der Waals surface area contributed by atoms with Gasteiger partial charge < -0.3 is 15.1 Å². The van der Waals surface area contributed by atoms with E-state index in [1.54, 1.807) is 6.26 Å². The molecule has 0 aliphatic carbocycles. The molecule has 0 saturated carbocycles. The summed E-state index contributed by atoms with van der Waals surface area (Å²) in [4.78, 5) is 11.7. The van der Waals surface area contributed by atoms with E-state index >= 15 is 0 Å². The van der Waals surface area contributed by atoms with Crippen molar-refractivity contribution in [2.45, 2.75) is 31.8 Å². The number of rotatable bonds is 3. The van der Waals surface area contributed by atoms with E-state index in [-0.39, 0.29) is 11.9 Å². The van der Waals surface area contributed by atoms with Gasteiger partial charge in [0.1, 0.15) is 5.76 Å². The summed E-state index contributed by atoms with van der Waals surface area (Å²) in [6.07, 6.45) is 4.85. The Balaban J connectivity index is 1.76. The highest BCUT2D eigenvalue weighted by molar-refractivity contribution is 5.81. The third-order valence-corrected chi connectivity index (χ3v) is 2.64. The maximum absolute atomic E-state index is 11.7. The molecular weight excluding hydrogens is 192 g/mol. The van der Waals surface area contributed by atoms with E-state index in [4.69, 9.17) is 4.42 Å². The SMILES string of the molecule is O=C(NCc1ccco1)[C@H]1CCCCN1. The molecule has 1 fully saturated rings. The van der Waals surface area contributed by atoms with Crippen LogP contribution in [0.1, 0.15) is 25.0 Å². The fraction of sp³-hybridized carbons (Fsp3) is 0.545. The first kappa shape index (κ1) is 10.2. The second kappa shape index (κ2) is 4.98. The van der Waals surface area contributed by atoms with Crippen LogP contribution in [0.5, 0.6) is 0 Å². The van der Waals surface area contributed by atoms with Gasteiger partial charge in [-0.15, -0.1) is 0 Å². The zero-order valence-electron chi connectivity index (χ0n) is 8.66. The molecule has 4 nitrogen and oxygen atoms in total. The van der Waals surface area contributed by atoms with Gasteiger partial charge in [-0.05, 0) is 31.5 Å². The molecule has 1 aliphatic rings. The maximum Gasteiger partial charge on any atom is 0.237 e. The average Bonchev–Trinajstić information content (AvgIpc) is 2.80. The minimum Gasteiger partial charge on any atom is -0.467 e. The van der Waals surface area contributed by atoms with Crippen molar-refractivity contribution in [2.75, 3.05) is 6.54 Å². The lowest BCUT2D eigenvalue weighted by molar-refractivity contribution is -0.123. The number of carbonyl (C=O) groups is 1. The van der Waals surface area contributed by atoms with Crippen LogP contribution in [0.2, 0.25) is 0 Å². The van der Waals surface area contributed by atoms with Crippen molar-refractivity contribution in [2.24, 2.45) is 0 Å². The quantitative estimate of drug-likeness (QED) is 0.780. The van der Waals surface area contributed by atoms with Gasteiger partial charge in [0.2, 0.25) is 5.91 Å². The Morgan fingerprint density at radius 3 is 3.20 bits per heavy atom. The van der Waals surface area contributed by atoms with E-state index in [0.717, 1.165) is 25.1 Å². The first-order valence-corrected chi connectivity index (χ1v) is 5.40. The number of hydrogen-bond donors (Lipinski definition) is 2. The summed E-state index contributed by atoms with van der Waals surface area (Å²) in [5.74, 6) is 0.866. The van der Waals surface area contributed by atoms with Gasteiger partial charge in [0.15, 0.2) is 0 Å². The van der Waals surface area contributed by atoms with Crippen molar-refractivity contribution in [3.05, 3.63) is 24.2 Å². The van der Waals surface area contributed by atoms with Crippen LogP contribution in [0.3, 0.4) is 0 Å². The molecule has 2 N–H and O–H groups in total. The van der Waals surface area contributed by atoms with Crippen LogP contribution in [0.25, 0.3) is 0 Å². The van der Waals surface area contributed by atoms with E-state index in [9.17, 15) is 4.79 Å². The molecule has 1 aliphatic heterocycles. The molecule has 0 bridgehead atoms. The molecule has 1 aromatic rings. The van der Waals surface area contributed by atoms with E-state index in [1.165, 1.54) is 6.42 Å². The smallest absolute Gasteiger partial charge is 0.237 e. The van der Waals surface area contributed by atoms with Crippen molar-refractivity contribution in [1.82, 2.24) is 10.6 Å². The number of hydrogen-bond acceptors (Lipinski definition) is 3. The summed E-state index contributed by atoms with van der Waals surface area (Å²) in [5, 5.41) is 6.07. The largest absolute Gasteiger partial charge is 0.467 e. The number of carbonyl (C=O) groups excluding carboxylic acids is 1. The van der Waals surface area contributed by atoms with Gasteiger partial charge in [0.25, 0.3) is 0 Å². The second-order valence-electron chi connectivity index (χ2n) is 3.80. The van der Waals surface area contributed by atoms with E-state index in [1.807, 2.05) is 12.1 Å². The van der Waals surface area contributed by atoms with Crippen LogP contribution >= 0.6 is 0 Å². The van der Waals surface area contributed by atoms with Crippen molar-refractivity contribution < 1.29 is 9.21 Å². The fourth-order valence-corrected chi connectivity index (χ4v) is 1.79. The predicted molar refractivity (Wildman–Crippen MR) is 56.2 cm³/mol. The summed E-state index contributed by atoms with van der Waals surface area (Å²) < 4.78 is 5.14. The first-order chi connectivity index (χ1) is 7.36. The normalized spacial score (nSPS) is 21.2. The minimum atomic E-state index is -0.0197. The average molecular weight is 208 g/mol. The minimum absolute atomic E-state index is 0.0197. The first-order valence-electron chi connectivity index (χ1n) is 5.40. The molecular formula is C11H16N2O2. The van der Waals surface area contributed by atoms with E-state index in [2.05, 4.69) is 10.6 Å². The van der Waals surface area contributed by atoms with E-state index < -0.39 is 0 Å². The Bertz CT molecular complexity index is 302. The zero-order valence-corrected chi connectivity index (χ0v) is 8.66. The summed E-state index contributed by atoms with van der Waals surface area (Å²) in [5.41, 5.74) is 0. The molecule has 2 heterocycles. The molecule has 1 atom stereocenters. The van der Waals surface area contributed by atoms with Crippen LogP contribution in [0, 0.1) is 0 Å². The molecule has 4 heteroatoms. The number of piperidine rings is 1. The number of amides is 1. The lowest BCUT2D eigenvalue weighted by Crippen LogP contribution is -2.46. The van der Waals surface area contributed by atoms with Gasteiger partial charge in [0, 0.05) is 0 Å². The van der Waals surface area contributed by atoms with Crippen LogP contribution in [-0.2, 0) is 11.3 Å². The predicted octanol–water partition coefficient (Wildman–Crippen LogP) is 1.04. The van der Waals surface area contributed by atoms with Crippen LogP contribution in [0.15, 0.2) is 22.8 Å². The van der Waals surface area contributed by atoms with Crippen molar-refractivity contribution in [3.8, 4) is 0 Å². The summed E-state index contributed by atoms with van der Waals surface area (Å²) >= 11 is 0. The third kappa shape index (κ3) is 2.83.